The third-order valence-corrected chi connectivity index (χ3v) is 28.5. The Balaban J connectivity index is 5.72. The Bertz CT molecular complexity index is 273. The minimum atomic E-state index is -2.44. The predicted octanol–water partition coefficient (Wildman–Crippen LogP) is 7.33. The van der Waals surface area contributed by atoms with Crippen molar-refractivity contribution in [2.75, 3.05) is 0 Å². The predicted molar refractivity (Wildman–Crippen MR) is 82.4 cm³/mol. The van der Waals surface area contributed by atoms with Crippen LogP contribution < -0.4 is 0 Å². The van der Waals surface area contributed by atoms with Crippen LogP contribution in [0.5, 0.6) is 0 Å². The molecule has 0 aromatic carbocycles. The maximum atomic E-state index is 7.25. The van der Waals surface area contributed by atoms with Crippen LogP contribution in [-0.2, 0) is 35.9 Å². The number of hydrogen-bond donors (Lipinski definition) is 0. The van der Waals surface area contributed by atoms with Gasteiger partial charge in [0.15, 0.2) is 0 Å². The molecule has 0 N–H and O–H groups in total. The van der Waals surface area contributed by atoms with Crippen LogP contribution in [0.25, 0.3) is 0 Å². The first-order valence-electron chi connectivity index (χ1n) is 7.79. The molecule has 0 saturated heterocycles. The molecule has 19 heavy (non-hydrogen) atoms. The summed E-state index contributed by atoms with van der Waals surface area (Å²) < 4.78 is 9.37. The average molecular weight is 342 g/mol. The van der Waals surface area contributed by atoms with Crippen molar-refractivity contribution >= 4 is 0 Å². The van der Waals surface area contributed by atoms with E-state index in [2.05, 4.69) is 79.7 Å². The van der Waals surface area contributed by atoms with E-state index < -0.39 is 34.0 Å². The number of hydrogen-bond acceptors (Lipinski definition) is 1. The molecule has 0 aliphatic heterocycles. The van der Waals surface area contributed by atoms with Crippen molar-refractivity contribution in [1.82, 2.24) is 0 Å². The van der Waals surface area contributed by atoms with Gasteiger partial charge < -0.3 is 0 Å². The summed E-state index contributed by atoms with van der Waals surface area (Å²) in [5.41, 5.74) is 0. The first kappa shape index (κ1) is 20.4. The van der Waals surface area contributed by atoms with Gasteiger partial charge in [-0.25, -0.2) is 0 Å². The molecule has 0 fully saturated rings. The molecule has 0 aromatic rings. The molecule has 0 aromatic heterocycles. The van der Waals surface area contributed by atoms with Crippen molar-refractivity contribution in [3.8, 4) is 0 Å². The summed E-state index contributed by atoms with van der Waals surface area (Å²) in [5.74, 6) is 0. The van der Waals surface area contributed by atoms with E-state index in [1.54, 1.807) is 0 Å². The topological polar surface area (TPSA) is 9.23 Å². The SMILES string of the molecule is C[CH](C)[Ti]([CH3])([O][Ti]([CH3])([C](C)(C)C)[C](C)(C)C)[CH](C)C. The Morgan fingerprint density at radius 1 is 0.684 bits per heavy atom. The van der Waals surface area contributed by atoms with Crippen molar-refractivity contribution in [3.63, 3.8) is 0 Å². The van der Waals surface area contributed by atoms with E-state index in [-0.39, 0.29) is 0 Å². The van der Waals surface area contributed by atoms with E-state index >= 15 is 0 Å². The fourth-order valence-electron chi connectivity index (χ4n) is 2.77. The molecular formula is C16H38OTi2. The zero-order chi connectivity index (χ0) is 15.9. The summed E-state index contributed by atoms with van der Waals surface area (Å²) in [6.07, 6.45) is 0. The van der Waals surface area contributed by atoms with Gasteiger partial charge in [-0.15, -0.1) is 0 Å². The van der Waals surface area contributed by atoms with Crippen LogP contribution in [0.15, 0.2) is 0 Å². The van der Waals surface area contributed by atoms with Crippen LogP contribution in [-0.4, -0.2) is 0 Å². The van der Waals surface area contributed by atoms with Crippen LogP contribution in [0, 0.1) is 0 Å². The van der Waals surface area contributed by atoms with E-state index in [0.29, 0.717) is 7.44 Å². The molecule has 0 aliphatic rings. The second-order valence-electron chi connectivity index (χ2n) is 9.13. The Morgan fingerprint density at radius 2 is 0.947 bits per heavy atom. The van der Waals surface area contributed by atoms with Gasteiger partial charge in [-0.1, -0.05) is 0 Å². The van der Waals surface area contributed by atoms with Crippen LogP contribution in [0.3, 0.4) is 0 Å². The van der Waals surface area contributed by atoms with Gasteiger partial charge in [-0.05, 0) is 0 Å². The summed E-state index contributed by atoms with van der Waals surface area (Å²) in [4.78, 5) is 0. The van der Waals surface area contributed by atoms with Gasteiger partial charge >= 0.3 is 131 Å². The van der Waals surface area contributed by atoms with Gasteiger partial charge in [0.25, 0.3) is 0 Å². The third kappa shape index (κ3) is 4.19. The molecule has 116 valence electrons. The van der Waals surface area contributed by atoms with Crippen LogP contribution in [0.2, 0.25) is 26.3 Å². The molecule has 0 radical (unpaired) electrons. The quantitative estimate of drug-likeness (QED) is 0.486. The van der Waals surface area contributed by atoms with E-state index in [1.807, 2.05) is 0 Å². The van der Waals surface area contributed by atoms with Gasteiger partial charge in [0.1, 0.15) is 0 Å². The summed E-state index contributed by atoms with van der Waals surface area (Å²) in [6, 6.07) is 0. The Kier molecular flexibility index (Phi) is 6.71. The molecule has 0 heterocycles. The first-order valence-corrected chi connectivity index (χ1v) is 15.6. The zero-order valence-electron chi connectivity index (χ0n) is 15.6. The molecule has 0 bridgehead atoms. The minimum absolute atomic E-state index is 0.328. The van der Waals surface area contributed by atoms with Crippen molar-refractivity contribution in [2.45, 2.75) is 95.6 Å². The molecular weight excluding hydrogens is 304 g/mol. The zero-order valence-corrected chi connectivity index (χ0v) is 18.7. The van der Waals surface area contributed by atoms with E-state index in [9.17, 15) is 0 Å². The molecule has 0 spiro atoms. The molecule has 1 nitrogen and oxygen atoms in total. The third-order valence-electron chi connectivity index (χ3n) is 5.58. The second-order valence-corrected chi connectivity index (χ2v) is 26.0. The molecule has 0 rings (SSSR count). The number of rotatable bonds is 4. The Labute approximate surface area is 130 Å². The summed E-state index contributed by atoms with van der Waals surface area (Å²) in [5, 5.41) is 5.03. The van der Waals surface area contributed by atoms with Crippen molar-refractivity contribution in [3.05, 3.63) is 0 Å². The van der Waals surface area contributed by atoms with E-state index in [4.69, 9.17) is 1.90 Å². The van der Waals surface area contributed by atoms with Gasteiger partial charge in [0.05, 0.1) is 0 Å². The second kappa shape index (κ2) is 6.25. The molecule has 0 saturated carbocycles. The van der Waals surface area contributed by atoms with E-state index in [0.717, 1.165) is 8.45 Å². The van der Waals surface area contributed by atoms with Crippen LogP contribution in [0.4, 0.5) is 0 Å². The van der Waals surface area contributed by atoms with Crippen molar-refractivity contribution < 1.29 is 35.9 Å². The van der Waals surface area contributed by atoms with Gasteiger partial charge in [0, 0.05) is 0 Å². The molecule has 0 amide bonds. The Hall–Kier alpha value is 1.39. The van der Waals surface area contributed by atoms with Gasteiger partial charge in [-0.3, -0.25) is 0 Å². The molecule has 0 aliphatic carbocycles. The van der Waals surface area contributed by atoms with Crippen LogP contribution >= 0.6 is 0 Å². The molecule has 3 heteroatoms. The fourth-order valence-corrected chi connectivity index (χ4v) is 24.1. The van der Waals surface area contributed by atoms with Crippen molar-refractivity contribution in [2.24, 2.45) is 0 Å². The monoisotopic (exact) mass is 342 g/mol. The molecule has 0 atom stereocenters. The van der Waals surface area contributed by atoms with Gasteiger partial charge in [-0.2, -0.15) is 0 Å². The van der Waals surface area contributed by atoms with Crippen LogP contribution in [0.1, 0.15) is 69.2 Å². The molecule has 0 unspecified atom stereocenters. The summed E-state index contributed by atoms with van der Waals surface area (Å²) >= 11 is -4.69. The maximum absolute atomic E-state index is 7.25. The van der Waals surface area contributed by atoms with Crippen molar-refractivity contribution in [1.29, 1.82) is 0 Å². The standard InChI is InChI=1S/2C4H9.2C3H7.2CH3.O.2Ti/c2*1-4(2)3;2*1-3-2;;;;;/h2*1-3H3;2*3H,1-2H3;2*1H3;;;. The van der Waals surface area contributed by atoms with Gasteiger partial charge in [0.2, 0.25) is 0 Å². The fraction of sp³-hybridized carbons (Fsp3) is 1.00. The Morgan fingerprint density at radius 3 is 1.11 bits per heavy atom. The summed E-state index contributed by atoms with van der Waals surface area (Å²) in [6.45, 7) is 24.0. The first-order chi connectivity index (χ1) is 8.09. The normalized spacial score (nSPS) is 15.5. The average Bonchev–Trinajstić information content (AvgIpc) is 2.12. The summed E-state index contributed by atoms with van der Waals surface area (Å²) in [7, 11) is 0. The van der Waals surface area contributed by atoms with E-state index in [1.165, 1.54) is 0 Å².